The summed E-state index contributed by atoms with van der Waals surface area (Å²) in [5.41, 5.74) is 4.63. The first kappa shape index (κ1) is 23.2. The van der Waals surface area contributed by atoms with E-state index < -0.39 is 0 Å². The number of nitriles is 1. The van der Waals surface area contributed by atoms with Crippen LogP contribution in [0, 0.1) is 11.3 Å². The highest BCUT2D eigenvalue weighted by Gasteiger charge is 2.33. The van der Waals surface area contributed by atoms with Crippen molar-refractivity contribution in [2.45, 2.75) is 18.5 Å². The largest absolute Gasteiger partial charge is 0.396 e. The van der Waals surface area contributed by atoms with Crippen molar-refractivity contribution in [1.29, 1.82) is 5.26 Å². The van der Waals surface area contributed by atoms with E-state index in [2.05, 4.69) is 57.3 Å². The number of aliphatic hydroxyl groups is 2. The zero-order valence-electron chi connectivity index (χ0n) is 18.3. The zero-order valence-corrected chi connectivity index (χ0v) is 19.1. The third kappa shape index (κ3) is 5.35. The van der Waals surface area contributed by atoms with E-state index in [0.717, 1.165) is 35.6 Å². The van der Waals surface area contributed by atoms with Crippen LogP contribution in [0.5, 0.6) is 0 Å². The standard InChI is InChI=1S/C26H27ClN4O2/c27-22-6-4-21(5-7-22)25-17-30(26(18-33)24-10-3-20(15-28)16-29-24)12-13-31(25)23-8-1-19(2-9-23)11-14-32/h1-10,16,25-26,32-33H,11-14,17-18H2/t25-,26+/m0/s1. The van der Waals surface area contributed by atoms with Crippen LogP contribution in [-0.4, -0.2) is 52.9 Å². The summed E-state index contributed by atoms with van der Waals surface area (Å²) in [7, 11) is 0. The predicted octanol–water partition coefficient (Wildman–Crippen LogP) is 3.74. The van der Waals surface area contributed by atoms with Crippen LogP contribution in [0.25, 0.3) is 0 Å². The van der Waals surface area contributed by atoms with Crippen LogP contribution in [0.1, 0.15) is 34.5 Å². The van der Waals surface area contributed by atoms with Gasteiger partial charge in [-0.05, 0) is 53.9 Å². The number of piperazine rings is 1. The summed E-state index contributed by atoms with van der Waals surface area (Å²) < 4.78 is 0. The van der Waals surface area contributed by atoms with E-state index in [1.54, 1.807) is 12.3 Å². The highest BCUT2D eigenvalue weighted by molar-refractivity contribution is 6.30. The van der Waals surface area contributed by atoms with Crippen molar-refractivity contribution >= 4 is 17.3 Å². The number of anilines is 1. The van der Waals surface area contributed by atoms with Crippen molar-refractivity contribution in [3.05, 3.63) is 94.3 Å². The van der Waals surface area contributed by atoms with Gasteiger partial charge in [-0.1, -0.05) is 35.9 Å². The first-order valence-electron chi connectivity index (χ1n) is 11.1. The fraction of sp³-hybridized carbons (Fsp3) is 0.308. The van der Waals surface area contributed by atoms with E-state index in [0.29, 0.717) is 23.6 Å². The maximum atomic E-state index is 10.2. The lowest BCUT2D eigenvalue weighted by molar-refractivity contribution is 0.100. The van der Waals surface area contributed by atoms with Crippen molar-refractivity contribution in [1.82, 2.24) is 9.88 Å². The van der Waals surface area contributed by atoms with Gasteiger partial charge in [0, 0.05) is 43.1 Å². The molecule has 0 amide bonds. The number of aromatic nitrogens is 1. The van der Waals surface area contributed by atoms with Crippen molar-refractivity contribution < 1.29 is 10.2 Å². The maximum absolute atomic E-state index is 10.2. The van der Waals surface area contributed by atoms with Gasteiger partial charge in [0.25, 0.3) is 0 Å². The Morgan fingerprint density at radius 2 is 1.79 bits per heavy atom. The second-order valence-corrected chi connectivity index (χ2v) is 8.61. The fourth-order valence-electron chi connectivity index (χ4n) is 4.41. The van der Waals surface area contributed by atoms with Gasteiger partial charge in [-0.3, -0.25) is 9.88 Å². The Morgan fingerprint density at radius 3 is 2.39 bits per heavy atom. The van der Waals surface area contributed by atoms with Crippen LogP contribution in [0.15, 0.2) is 66.9 Å². The molecule has 0 bridgehead atoms. The number of hydrogen-bond donors (Lipinski definition) is 2. The number of pyridine rings is 1. The van der Waals surface area contributed by atoms with Gasteiger partial charge in [-0.2, -0.15) is 5.26 Å². The maximum Gasteiger partial charge on any atom is 0.101 e. The lowest BCUT2D eigenvalue weighted by atomic mass is 9.99. The molecule has 1 aliphatic heterocycles. The predicted molar refractivity (Wildman–Crippen MR) is 129 cm³/mol. The fourth-order valence-corrected chi connectivity index (χ4v) is 4.54. The Kier molecular flexibility index (Phi) is 7.58. The monoisotopic (exact) mass is 462 g/mol. The highest BCUT2D eigenvalue weighted by Crippen LogP contribution is 2.34. The number of halogens is 1. The van der Waals surface area contributed by atoms with Crippen LogP contribution in [0.2, 0.25) is 5.02 Å². The minimum atomic E-state index is -0.248. The van der Waals surface area contributed by atoms with Crippen LogP contribution in [0.4, 0.5) is 5.69 Å². The van der Waals surface area contributed by atoms with Gasteiger partial charge in [0.1, 0.15) is 6.07 Å². The zero-order chi connectivity index (χ0) is 23.2. The van der Waals surface area contributed by atoms with E-state index in [4.69, 9.17) is 16.9 Å². The minimum absolute atomic E-state index is 0.0535. The van der Waals surface area contributed by atoms with Gasteiger partial charge < -0.3 is 15.1 Å². The molecule has 0 saturated carbocycles. The summed E-state index contributed by atoms with van der Waals surface area (Å²) in [5.74, 6) is 0. The molecule has 0 unspecified atom stereocenters. The average Bonchev–Trinajstić information content (AvgIpc) is 2.86. The van der Waals surface area contributed by atoms with E-state index >= 15 is 0 Å². The summed E-state index contributed by atoms with van der Waals surface area (Å²) in [5, 5.41) is 29.2. The number of benzene rings is 2. The van der Waals surface area contributed by atoms with Gasteiger partial charge in [0.05, 0.1) is 29.9 Å². The van der Waals surface area contributed by atoms with Crippen molar-refractivity contribution in [3.63, 3.8) is 0 Å². The summed E-state index contributed by atoms with van der Waals surface area (Å²) in [6.45, 7) is 2.32. The molecule has 1 aromatic heterocycles. The van der Waals surface area contributed by atoms with Crippen LogP contribution in [0.3, 0.4) is 0 Å². The Hall–Kier alpha value is -2.95. The molecule has 1 saturated heterocycles. The number of rotatable bonds is 7. The molecule has 3 aromatic rings. The molecule has 1 fully saturated rings. The molecule has 170 valence electrons. The second kappa shape index (κ2) is 10.8. The van der Waals surface area contributed by atoms with Crippen LogP contribution < -0.4 is 4.90 Å². The molecule has 6 nitrogen and oxygen atoms in total. The topological polar surface area (TPSA) is 83.6 Å². The van der Waals surface area contributed by atoms with Gasteiger partial charge in [0.15, 0.2) is 0 Å². The van der Waals surface area contributed by atoms with Gasteiger partial charge in [0.2, 0.25) is 0 Å². The molecule has 2 N–H and O–H groups in total. The third-order valence-electron chi connectivity index (χ3n) is 6.21. The van der Waals surface area contributed by atoms with Crippen molar-refractivity contribution in [2.24, 2.45) is 0 Å². The molecule has 0 radical (unpaired) electrons. The van der Waals surface area contributed by atoms with E-state index in [1.807, 2.05) is 18.2 Å². The quantitative estimate of drug-likeness (QED) is 0.556. The highest BCUT2D eigenvalue weighted by atomic mass is 35.5. The minimum Gasteiger partial charge on any atom is -0.396 e. The molecule has 4 rings (SSSR count). The first-order valence-corrected chi connectivity index (χ1v) is 11.4. The third-order valence-corrected chi connectivity index (χ3v) is 6.46. The van der Waals surface area contributed by atoms with Gasteiger partial charge >= 0.3 is 0 Å². The number of nitrogens with zero attached hydrogens (tertiary/aromatic N) is 4. The average molecular weight is 463 g/mol. The molecule has 2 heterocycles. The first-order chi connectivity index (χ1) is 16.1. The molecule has 33 heavy (non-hydrogen) atoms. The smallest absolute Gasteiger partial charge is 0.101 e. The Labute approximate surface area is 199 Å². The second-order valence-electron chi connectivity index (χ2n) is 8.18. The summed E-state index contributed by atoms with van der Waals surface area (Å²) >= 11 is 6.15. The van der Waals surface area contributed by atoms with E-state index in [1.165, 1.54) is 0 Å². The van der Waals surface area contributed by atoms with E-state index in [-0.39, 0.29) is 25.3 Å². The van der Waals surface area contributed by atoms with Gasteiger partial charge in [-0.15, -0.1) is 0 Å². The normalized spacial score (nSPS) is 17.5. The van der Waals surface area contributed by atoms with Crippen molar-refractivity contribution in [2.75, 3.05) is 37.7 Å². The van der Waals surface area contributed by atoms with E-state index in [9.17, 15) is 10.2 Å². The lowest BCUT2D eigenvalue weighted by Gasteiger charge is -2.45. The lowest BCUT2D eigenvalue weighted by Crippen LogP contribution is -2.50. The SMILES string of the molecule is N#Cc1ccc([C@@H](CO)N2CCN(c3ccc(CCO)cc3)[C@H](c3ccc(Cl)cc3)C2)nc1. The van der Waals surface area contributed by atoms with Crippen LogP contribution >= 0.6 is 11.6 Å². The Balaban J connectivity index is 1.62. The Morgan fingerprint density at radius 1 is 1.03 bits per heavy atom. The molecule has 7 heteroatoms. The number of aliphatic hydroxyl groups excluding tert-OH is 2. The molecule has 0 aliphatic carbocycles. The molecular formula is C26H27ClN4O2. The molecule has 1 aliphatic rings. The molecule has 0 spiro atoms. The summed E-state index contributed by atoms with van der Waals surface area (Å²) in [4.78, 5) is 9.07. The Bertz CT molecular complexity index is 1080. The molecule has 2 atom stereocenters. The van der Waals surface area contributed by atoms with Gasteiger partial charge in [-0.25, -0.2) is 0 Å². The summed E-state index contributed by atoms with van der Waals surface area (Å²) in [6.07, 6.45) is 2.20. The summed E-state index contributed by atoms with van der Waals surface area (Å²) in [6, 6.07) is 21.7. The van der Waals surface area contributed by atoms with Crippen LogP contribution in [-0.2, 0) is 6.42 Å². The number of hydrogen-bond acceptors (Lipinski definition) is 6. The van der Waals surface area contributed by atoms with Crippen molar-refractivity contribution in [3.8, 4) is 6.07 Å². The molecule has 2 aromatic carbocycles. The molecular weight excluding hydrogens is 436 g/mol.